The predicted molar refractivity (Wildman–Crippen MR) is 93.4 cm³/mol. The normalized spacial score (nSPS) is 18.0. The van der Waals surface area contributed by atoms with E-state index >= 15 is 0 Å². The molecule has 0 spiro atoms. The van der Waals surface area contributed by atoms with Crippen LogP contribution in [-0.2, 0) is 6.54 Å². The first kappa shape index (κ1) is 17.1. The number of furan rings is 1. The van der Waals surface area contributed by atoms with E-state index in [0.29, 0.717) is 6.54 Å². The summed E-state index contributed by atoms with van der Waals surface area (Å²) in [5, 5.41) is 3.49. The first-order valence-corrected chi connectivity index (χ1v) is 8.54. The monoisotopic (exact) mass is 331 g/mol. The first-order chi connectivity index (χ1) is 11.6. The average Bonchev–Trinajstić information content (AvgIpc) is 2.99. The summed E-state index contributed by atoms with van der Waals surface area (Å²) in [6.45, 7) is 7.73. The molecule has 1 fully saturated rings. The molecule has 1 N–H and O–H groups in total. The van der Waals surface area contributed by atoms with Gasteiger partial charge in [-0.1, -0.05) is 12.1 Å². The standard InChI is InChI=1S/C19H26FN3O/c1-15-11-18(24-14-15)12-21-13-19(16-3-5-17(20)6-4-16)23-9-7-22(2)8-10-23/h3-6,11,14,19,21H,7-10,12-13H2,1-2H3. The molecule has 1 aromatic carbocycles. The van der Waals surface area contributed by atoms with Gasteiger partial charge in [0, 0.05) is 38.8 Å². The van der Waals surface area contributed by atoms with E-state index < -0.39 is 0 Å². The topological polar surface area (TPSA) is 31.7 Å². The summed E-state index contributed by atoms with van der Waals surface area (Å²) in [7, 11) is 2.15. The highest BCUT2D eigenvalue weighted by Gasteiger charge is 2.23. The van der Waals surface area contributed by atoms with E-state index in [-0.39, 0.29) is 11.9 Å². The number of piperazine rings is 1. The van der Waals surface area contributed by atoms with Gasteiger partial charge in [-0.15, -0.1) is 0 Å². The van der Waals surface area contributed by atoms with E-state index in [1.165, 1.54) is 0 Å². The zero-order valence-corrected chi connectivity index (χ0v) is 14.5. The van der Waals surface area contributed by atoms with Crippen molar-refractivity contribution in [3.63, 3.8) is 0 Å². The van der Waals surface area contributed by atoms with Crippen LogP contribution in [0.2, 0.25) is 0 Å². The van der Waals surface area contributed by atoms with Crippen molar-refractivity contribution >= 4 is 0 Å². The molecule has 1 aliphatic rings. The Labute approximate surface area is 143 Å². The Morgan fingerprint density at radius 1 is 1.17 bits per heavy atom. The molecule has 1 aliphatic heterocycles. The van der Waals surface area contributed by atoms with Crippen molar-refractivity contribution in [2.45, 2.75) is 19.5 Å². The number of likely N-dealkylation sites (N-methyl/N-ethyl adjacent to an activating group) is 1. The molecule has 0 amide bonds. The third kappa shape index (κ3) is 4.44. The second-order valence-corrected chi connectivity index (χ2v) is 6.63. The summed E-state index contributed by atoms with van der Waals surface area (Å²) in [5.41, 5.74) is 2.30. The fourth-order valence-electron chi connectivity index (χ4n) is 3.19. The van der Waals surface area contributed by atoms with Gasteiger partial charge in [-0.05, 0) is 43.3 Å². The van der Waals surface area contributed by atoms with E-state index in [0.717, 1.165) is 49.6 Å². The van der Waals surface area contributed by atoms with Gasteiger partial charge in [0.1, 0.15) is 11.6 Å². The molecular weight excluding hydrogens is 305 g/mol. The zero-order chi connectivity index (χ0) is 16.9. The number of rotatable bonds is 6. The maximum absolute atomic E-state index is 13.3. The van der Waals surface area contributed by atoms with Crippen LogP contribution in [0.1, 0.15) is 22.9 Å². The molecule has 130 valence electrons. The van der Waals surface area contributed by atoms with Crippen LogP contribution < -0.4 is 5.32 Å². The molecule has 0 aliphatic carbocycles. The van der Waals surface area contributed by atoms with Crippen molar-refractivity contribution in [2.75, 3.05) is 39.8 Å². The van der Waals surface area contributed by atoms with Gasteiger partial charge in [-0.2, -0.15) is 0 Å². The molecular formula is C19H26FN3O. The molecule has 2 heterocycles. The molecule has 0 bridgehead atoms. The molecule has 3 rings (SSSR count). The van der Waals surface area contributed by atoms with Crippen LogP contribution in [0.4, 0.5) is 4.39 Å². The first-order valence-electron chi connectivity index (χ1n) is 8.54. The lowest BCUT2D eigenvalue weighted by molar-refractivity contribution is 0.110. The summed E-state index contributed by atoms with van der Waals surface area (Å²) >= 11 is 0. The summed E-state index contributed by atoms with van der Waals surface area (Å²) in [6, 6.07) is 9.20. The molecule has 0 radical (unpaired) electrons. The average molecular weight is 331 g/mol. The number of hydrogen-bond acceptors (Lipinski definition) is 4. The van der Waals surface area contributed by atoms with E-state index in [9.17, 15) is 4.39 Å². The van der Waals surface area contributed by atoms with Crippen LogP contribution in [0.25, 0.3) is 0 Å². The number of benzene rings is 1. The Kier molecular flexibility index (Phi) is 5.66. The smallest absolute Gasteiger partial charge is 0.123 e. The largest absolute Gasteiger partial charge is 0.468 e. The van der Waals surface area contributed by atoms with E-state index in [1.54, 1.807) is 18.4 Å². The van der Waals surface area contributed by atoms with Gasteiger partial charge in [0.2, 0.25) is 0 Å². The second kappa shape index (κ2) is 7.92. The molecule has 2 aromatic rings. The fraction of sp³-hybridized carbons (Fsp3) is 0.474. The summed E-state index contributed by atoms with van der Waals surface area (Å²) in [6.07, 6.45) is 1.77. The quantitative estimate of drug-likeness (QED) is 0.882. The summed E-state index contributed by atoms with van der Waals surface area (Å²) in [5.74, 6) is 0.763. The van der Waals surface area contributed by atoms with Crippen molar-refractivity contribution in [3.8, 4) is 0 Å². The van der Waals surface area contributed by atoms with Gasteiger partial charge >= 0.3 is 0 Å². The van der Waals surface area contributed by atoms with Crippen LogP contribution in [0.15, 0.2) is 41.0 Å². The second-order valence-electron chi connectivity index (χ2n) is 6.63. The minimum atomic E-state index is -0.185. The Morgan fingerprint density at radius 2 is 1.88 bits per heavy atom. The molecule has 4 nitrogen and oxygen atoms in total. The Hall–Kier alpha value is -1.69. The third-order valence-corrected chi connectivity index (χ3v) is 4.66. The number of hydrogen-bond donors (Lipinski definition) is 1. The lowest BCUT2D eigenvalue weighted by atomic mass is 10.0. The zero-order valence-electron chi connectivity index (χ0n) is 14.5. The van der Waals surface area contributed by atoms with Gasteiger partial charge in [0.15, 0.2) is 0 Å². The molecule has 5 heteroatoms. The Balaban J connectivity index is 1.65. The number of nitrogens with zero attached hydrogens (tertiary/aromatic N) is 2. The summed E-state index contributed by atoms with van der Waals surface area (Å²) < 4.78 is 18.8. The number of halogens is 1. The van der Waals surface area contributed by atoms with Crippen LogP contribution >= 0.6 is 0 Å². The highest BCUT2D eigenvalue weighted by Crippen LogP contribution is 2.22. The lowest BCUT2D eigenvalue weighted by Gasteiger charge is -2.38. The highest BCUT2D eigenvalue weighted by atomic mass is 19.1. The van der Waals surface area contributed by atoms with Crippen LogP contribution in [0, 0.1) is 12.7 Å². The van der Waals surface area contributed by atoms with Crippen LogP contribution in [-0.4, -0.2) is 49.6 Å². The maximum atomic E-state index is 13.3. The predicted octanol–water partition coefficient (Wildman–Crippen LogP) is 2.81. The van der Waals surface area contributed by atoms with Crippen LogP contribution in [0.5, 0.6) is 0 Å². The molecule has 1 atom stereocenters. The fourth-order valence-corrected chi connectivity index (χ4v) is 3.19. The third-order valence-electron chi connectivity index (χ3n) is 4.66. The highest BCUT2D eigenvalue weighted by molar-refractivity contribution is 5.21. The molecule has 24 heavy (non-hydrogen) atoms. The molecule has 0 saturated carbocycles. The molecule has 1 aromatic heterocycles. The van der Waals surface area contributed by atoms with Crippen molar-refractivity contribution in [3.05, 3.63) is 59.3 Å². The SMILES string of the molecule is Cc1coc(CNCC(c2ccc(F)cc2)N2CCN(C)CC2)c1. The van der Waals surface area contributed by atoms with E-state index in [4.69, 9.17) is 4.42 Å². The van der Waals surface area contributed by atoms with Gasteiger partial charge in [0.25, 0.3) is 0 Å². The summed E-state index contributed by atoms with van der Waals surface area (Å²) in [4.78, 5) is 4.82. The van der Waals surface area contributed by atoms with Crippen molar-refractivity contribution in [1.82, 2.24) is 15.1 Å². The Bertz CT molecular complexity index is 632. The Morgan fingerprint density at radius 3 is 2.50 bits per heavy atom. The lowest BCUT2D eigenvalue weighted by Crippen LogP contribution is -2.48. The van der Waals surface area contributed by atoms with E-state index in [1.807, 2.05) is 19.1 Å². The maximum Gasteiger partial charge on any atom is 0.123 e. The molecule has 1 saturated heterocycles. The van der Waals surface area contributed by atoms with Gasteiger partial charge < -0.3 is 14.6 Å². The van der Waals surface area contributed by atoms with Crippen LogP contribution in [0.3, 0.4) is 0 Å². The minimum Gasteiger partial charge on any atom is -0.468 e. The number of aryl methyl sites for hydroxylation is 1. The molecule has 1 unspecified atom stereocenters. The van der Waals surface area contributed by atoms with Gasteiger partial charge in [-0.25, -0.2) is 4.39 Å². The van der Waals surface area contributed by atoms with Crippen molar-refractivity contribution in [2.24, 2.45) is 0 Å². The van der Waals surface area contributed by atoms with E-state index in [2.05, 4.69) is 28.2 Å². The number of nitrogens with one attached hydrogen (secondary N) is 1. The van der Waals surface area contributed by atoms with Gasteiger partial charge in [0.05, 0.1) is 12.8 Å². The minimum absolute atomic E-state index is 0.185. The van der Waals surface area contributed by atoms with Crippen molar-refractivity contribution < 1.29 is 8.81 Å². The van der Waals surface area contributed by atoms with Gasteiger partial charge in [-0.3, -0.25) is 4.90 Å². The van der Waals surface area contributed by atoms with Crippen molar-refractivity contribution in [1.29, 1.82) is 0 Å².